The van der Waals surface area contributed by atoms with E-state index in [4.69, 9.17) is 4.74 Å². The Bertz CT molecular complexity index is 599. The second-order valence-electron chi connectivity index (χ2n) is 5.39. The number of hydrogen-bond acceptors (Lipinski definition) is 2. The molecular weight excluding hydrogens is 234 g/mol. The third kappa shape index (κ3) is 2.19. The predicted octanol–water partition coefficient (Wildman–Crippen LogP) is 3.86. The fraction of sp³-hybridized carbons (Fsp3) is 0.294. The van der Waals surface area contributed by atoms with E-state index in [1.54, 1.807) is 0 Å². The van der Waals surface area contributed by atoms with Crippen molar-refractivity contribution in [1.29, 1.82) is 0 Å². The summed E-state index contributed by atoms with van der Waals surface area (Å²) < 4.78 is 5.78. The van der Waals surface area contributed by atoms with Crippen LogP contribution in [0.1, 0.15) is 18.4 Å². The molecule has 96 valence electrons. The molecule has 1 N–H and O–H groups in total. The minimum absolute atomic E-state index is 0.468. The molecule has 0 spiro atoms. The molecule has 1 fully saturated rings. The molecule has 1 heterocycles. The van der Waals surface area contributed by atoms with Gasteiger partial charge in [-0.1, -0.05) is 24.3 Å². The van der Waals surface area contributed by atoms with Crippen LogP contribution >= 0.6 is 0 Å². The summed E-state index contributed by atoms with van der Waals surface area (Å²) in [5.41, 5.74) is 5.24. The standard InChI is InChI=1S/C17H17NO/c1-2-14(11-17-13(1)9-10-18-17)12-3-5-15(6-4-12)19-16-7-8-16/h1-6,11,16,18H,7-10H2. The smallest absolute Gasteiger partial charge is 0.119 e. The molecule has 2 aromatic rings. The summed E-state index contributed by atoms with van der Waals surface area (Å²) >= 11 is 0. The topological polar surface area (TPSA) is 21.3 Å². The van der Waals surface area contributed by atoms with E-state index in [-0.39, 0.29) is 0 Å². The van der Waals surface area contributed by atoms with E-state index < -0.39 is 0 Å². The van der Waals surface area contributed by atoms with Gasteiger partial charge in [0.1, 0.15) is 5.75 Å². The van der Waals surface area contributed by atoms with Crippen LogP contribution in [0.3, 0.4) is 0 Å². The van der Waals surface area contributed by atoms with Gasteiger partial charge in [0.2, 0.25) is 0 Å². The molecule has 2 aliphatic rings. The van der Waals surface area contributed by atoms with Crippen LogP contribution in [0, 0.1) is 0 Å². The van der Waals surface area contributed by atoms with Crippen molar-refractivity contribution in [2.75, 3.05) is 11.9 Å². The molecule has 0 aromatic heterocycles. The first-order chi connectivity index (χ1) is 9.38. The Kier molecular flexibility index (Phi) is 2.47. The van der Waals surface area contributed by atoms with Crippen LogP contribution in [-0.4, -0.2) is 12.6 Å². The van der Waals surface area contributed by atoms with Crippen LogP contribution in [0.15, 0.2) is 42.5 Å². The first-order valence-corrected chi connectivity index (χ1v) is 7.02. The van der Waals surface area contributed by atoms with Crippen molar-refractivity contribution in [3.05, 3.63) is 48.0 Å². The summed E-state index contributed by atoms with van der Waals surface area (Å²) in [6.45, 7) is 1.06. The van der Waals surface area contributed by atoms with E-state index in [1.807, 2.05) is 0 Å². The number of nitrogens with one attached hydrogen (secondary N) is 1. The molecule has 2 aromatic carbocycles. The number of benzene rings is 2. The van der Waals surface area contributed by atoms with Gasteiger partial charge in [0.05, 0.1) is 6.10 Å². The fourth-order valence-corrected chi connectivity index (χ4v) is 2.57. The molecule has 1 aliphatic heterocycles. The molecular formula is C17H17NO. The van der Waals surface area contributed by atoms with Crippen molar-refractivity contribution in [2.45, 2.75) is 25.4 Å². The van der Waals surface area contributed by atoms with Crippen molar-refractivity contribution < 1.29 is 4.74 Å². The van der Waals surface area contributed by atoms with Crippen LogP contribution in [0.5, 0.6) is 5.75 Å². The van der Waals surface area contributed by atoms with Crippen molar-refractivity contribution >= 4 is 5.69 Å². The molecule has 0 saturated heterocycles. The second kappa shape index (κ2) is 4.30. The second-order valence-corrected chi connectivity index (χ2v) is 5.39. The number of hydrogen-bond donors (Lipinski definition) is 1. The number of anilines is 1. The molecule has 2 nitrogen and oxygen atoms in total. The molecule has 0 radical (unpaired) electrons. The molecule has 19 heavy (non-hydrogen) atoms. The highest BCUT2D eigenvalue weighted by Crippen LogP contribution is 2.31. The molecule has 4 rings (SSSR count). The van der Waals surface area contributed by atoms with E-state index >= 15 is 0 Å². The minimum atomic E-state index is 0.468. The maximum Gasteiger partial charge on any atom is 0.119 e. The first kappa shape index (κ1) is 10.9. The summed E-state index contributed by atoms with van der Waals surface area (Å²) in [5.74, 6) is 0.991. The number of ether oxygens (including phenoxy) is 1. The summed E-state index contributed by atoms with van der Waals surface area (Å²) in [6, 6.07) is 15.1. The highest BCUT2D eigenvalue weighted by Gasteiger charge is 2.23. The van der Waals surface area contributed by atoms with Gasteiger partial charge in [0.25, 0.3) is 0 Å². The van der Waals surface area contributed by atoms with E-state index in [2.05, 4.69) is 47.8 Å². The molecule has 0 amide bonds. The van der Waals surface area contributed by atoms with E-state index in [9.17, 15) is 0 Å². The maximum atomic E-state index is 5.78. The van der Waals surface area contributed by atoms with E-state index in [0.29, 0.717) is 6.10 Å². The minimum Gasteiger partial charge on any atom is -0.490 e. The van der Waals surface area contributed by atoms with Crippen LogP contribution in [0.4, 0.5) is 5.69 Å². The normalized spacial score (nSPS) is 16.8. The third-order valence-corrected chi connectivity index (χ3v) is 3.83. The van der Waals surface area contributed by atoms with Gasteiger partial charge in [-0.3, -0.25) is 0 Å². The van der Waals surface area contributed by atoms with Gasteiger partial charge >= 0.3 is 0 Å². The third-order valence-electron chi connectivity index (χ3n) is 3.83. The van der Waals surface area contributed by atoms with E-state index in [0.717, 1.165) is 18.7 Å². The lowest BCUT2D eigenvalue weighted by molar-refractivity contribution is 0.303. The molecule has 0 atom stereocenters. The van der Waals surface area contributed by atoms with Crippen molar-refractivity contribution in [3.8, 4) is 16.9 Å². The highest BCUT2D eigenvalue weighted by atomic mass is 16.5. The van der Waals surface area contributed by atoms with Gasteiger partial charge in [-0.15, -0.1) is 0 Å². The number of fused-ring (bicyclic) bond motifs is 1. The Labute approximate surface area is 113 Å². The lowest BCUT2D eigenvalue weighted by Crippen LogP contribution is -1.95. The summed E-state index contributed by atoms with van der Waals surface area (Å²) in [7, 11) is 0. The van der Waals surface area contributed by atoms with Gasteiger partial charge in [0.15, 0.2) is 0 Å². The largest absolute Gasteiger partial charge is 0.490 e. The SMILES string of the molecule is c1cc(-c2ccc3c(c2)NCC3)ccc1OC1CC1. The quantitative estimate of drug-likeness (QED) is 0.894. The van der Waals surface area contributed by atoms with Crippen LogP contribution in [0.2, 0.25) is 0 Å². The van der Waals surface area contributed by atoms with Gasteiger partial charge < -0.3 is 10.1 Å². The zero-order valence-corrected chi connectivity index (χ0v) is 10.9. The molecule has 1 aliphatic carbocycles. The number of rotatable bonds is 3. The molecule has 2 heteroatoms. The van der Waals surface area contributed by atoms with Crippen molar-refractivity contribution in [2.24, 2.45) is 0 Å². The summed E-state index contributed by atoms with van der Waals surface area (Å²) in [6.07, 6.45) is 4.02. The van der Waals surface area contributed by atoms with Crippen LogP contribution in [-0.2, 0) is 6.42 Å². The Morgan fingerprint density at radius 1 is 0.947 bits per heavy atom. The maximum absolute atomic E-state index is 5.78. The highest BCUT2D eigenvalue weighted by molar-refractivity contribution is 5.71. The Hall–Kier alpha value is -1.96. The van der Waals surface area contributed by atoms with Gasteiger partial charge in [-0.2, -0.15) is 0 Å². The zero-order chi connectivity index (χ0) is 12.7. The zero-order valence-electron chi connectivity index (χ0n) is 10.9. The average molecular weight is 251 g/mol. The molecule has 0 bridgehead atoms. The van der Waals surface area contributed by atoms with Crippen molar-refractivity contribution in [1.82, 2.24) is 0 Å². The Morgan fingerprint density at radius 3 is 2.53 bits per heavy atom. The predicted molar refractivity (Wildman–Crippen MR) is 77.7 cm³/mol. The summed E-state index contributed by atoms with van der Waals surface area (Å²) in [4.78, 5) is 0. The lowest BCUT2D eigenvalue weighted by atomic mass is 10.0. The Balaban J connectivity index is 1.60. The lowest BCUT2D eigenvalue weighted by Gasteiger charge is -2.08. The first-order valence-electron chi connectivity index (χ1n) is 7.02. The van der Waals surface area contributed by atoms with Crippen molar-refractivity contribution in [3.63, 3.8) is 0 Å². The molecule has 1 saturated carbocycles. The van der Waals surface area contributed by atoms with Crippen LogP contribution in [0.25, 0.3) is 11.1 Å². The van der Waals surface area contributed by atoms with Crippen LogP contribution < -0.4 is 10.1 Å². The average Bonchev–Trinajstić information content (AvgIpc) is 3.14. The van der Waals surface area contributed by atoms with Gasteiger partial charge in [-0.25, -0.2) is 0 Å². The molecule has 0 unspecified atom stereocenters. The van der Waals surface area contributed by atoms with Gasteiger partial charge in [0, 0.05) is 12.2 Å². The fourth-order valence-electron chi connectivity index (χ4n) is 2.57. The summed E-state index contributed by atoms with van der Waals surface area (Å²) in [5, 5.41) is 3.43. The van der Waals surface area contributed by atoms with E-state index in [1.165, 1.54) is 35.2 Å². The van der Waals surface area contributed by atoms with Gasteiger partial charge in [-0.05, 0) is 54.2 Å². The Morgan fingerprint density at radius 2 is 1.74 bits per heavy atom. The monoisotopic (exact) mass is 251 g/mol.